The smallest absolute Gasteiger partial charge is 0.325 e. The van der Waals surface area contributed by atoms with Gasteiger partial charge in [0.25, 0.3) is 0 Å². The van der Waals surface area contributed by atoms with Crippen LogP contribution < -0.4 is 4.90 Å². The van der Waals surface area contributed by atoms with Crippen molar-refractivity contribution in [2.24, 2.45) is 0 Å². The number of carbonyl (C=O) groups is 1. The molecule has 4 nitrogen and oxygen atoms in total. The van der Waals surface area contributed by atoms with Crippen molar-refractivity contribution in [3.63, 3.8) is 0 Å². The first-order valence-corrected chi connectivity index (χ1v) is 5.47. The topological polar surface area (TPSA) is 38.8 Å². The van der Waals surface area contributed by atoms with Gasteiger partial charge in [0, 0.05) is 12.8 Å². The third-order valence-electron chi connectivity index (χ3n) is 2.59. The quantitative estimate of drug-likeness (QED) is 0.579. The highest BCUT2D eigenvalue weighted by Gasteiger charge is 2.15. The maximum absolute atomic E-state index is 11.4. The SMILES string of the molecule is COCN(CC(=O)OC)c1c(C)cccc1C. The van der Waals surface area contributed by atoms with Gasteiger partial charge >= 0.3 is 5.97 Å². The van der Waals surface area contributed by atoms with Gasteiger partial charge in [0.1, 0.15) is 13.3 Å². The Morgan fingerprint density at radius 2 is 1.82 bits per heavy atom. The van der Waals surface area contributed by atoms with Gasteiger partial charge in [-0.2, -0.15) is 0 Å². The molecule has 0 aliphatic heterocycles. The summed E-state index contributed by atoms with van der Waals surface area (Å²) < 4.78 is 9.82. The van der Waals surface area contributed by atoms with E-state index < -0.39 is 0 Å². The van der Waals surface area contributed by atoms with Gasteiger partial charge in [-0.1, -0.05) is 18.2 Å². The Bertz CT molecular complexity index is 370. The molecule has 0 aliphatic carbocycles. The number of aryl methyl sites for hydroxylation is 2. The lowest BCUT2D eigenvalue weighted by Gasteiger charge is -2.26. The standard InChI is InChI=1S/C13H19NO3/c1-10-6-5-7-11(2)13(10)14(9-16-3)8-12(15)17-4/h5-7H,8-9H2,1-4H3. The molecular formula is C13H19NO3. The van der Waals surface area contributed by atoms with E-state index in [1.54, 1.807) is 7.11 Å². The zero-order valence-corrected chi connectivity index (χ0v) is 10.8. The van der Waals surface area contributed by atoms with E-state index in [0.29, 0.717) is 6.73 Å². The van der Waals surface area contributed by atoms with E-state index in [1.807, 2.05) is 36.9 Å². The van der Waals surface area contributed by atoms with E-state index in [-0.39, 0.29) is 12.5 Å². The average molecular weight is 237 g/mol. The van der Waals surface area contributed by atoms with Crippen LogP contribution in [0.4, 0.5) is 5.69 Å². The van der Waals surface area contributed by atoms with Gasteiger partial charge in [-0.25, -0.2) is 0 Å². The number of methoxy groups -OCH3 is 2. The Labute approximate surface area is 102 Å². The van der Waals surface area contributed by atoms with Gasteiger partial charge in [-0.3, -0.25) is 4.79 Å². The van der Waals surface area contributed by atoms with Crippen molar-refractivity contribution in [1.82, 2.24) is 0 Å². The number of anilines is 1. The Hall–Kier alpha value is -1.55. The zero-order chi connectivity index (χ0) is 12.8. The summed E-state index contributed by atoms with van der Waals surface area (Å²) in [4.78, 5) is 13.2. The van der Waals surface area contributed by atoms with Crippen LogP contribution in [0.15, 0.2) is 18.2 Å². The van der Waals surface area contributed by atoms with E-state index in [9.17, 15) is 4.79 Å². The maximum atomic E-state index is 11.4. The summed E-state index contributed by atoms with van der Waals surface area (Å²) in [6, 6.07) is 6.03. The predicted octanol–water partition coefficient (Wildman–Crippen LogP) is 1.89. The van der Waals surface area contributed by atoms with Crippen LogP contribution in [0, 0.1) is 13.8 Å². The fourth-order valence-corrected chi connectivity index (χ4v) is 1.87. The van der Waals surface area contributed by atoms with Crippen molar-refractivity contribution in [1.29, 1.82) is 0 Å². The first kappa shape index (κ1) is 13.5. The molecule has 0 amide bonds. The lowest BCUT2D eigenvalue weighted by molar-refractivity contribution is -0.139. The molecule has 0 radical (unpaired) electrons. The van der Waals surface area contributed by atoms with Crippen molar-refractivity contribution >= 4 is 11.7 Å². The number of nitrogens with zero attached hydrogens (tertiary/aromatic N) is 1. The van der Waals surface area contributed by atoms with Crippen molar-refractivity contribution in [3.8, 4) is 0 Å². The van der Waals surface area contributed by atoms with E-state index in [2.05, 4.69) is 0 Å². The molecule has 0 unspecified atom stereocenters. The minimum atomic E-state index is -0.273. The number of ether oxygens (including phenoxy) is 2. The van der Waals surface area contributed by atoms with Crippen molar-refractivity contribution in [2.45, 2.75) is 13.8 Å². The molecule has 4 heteroatoms. The zero-order valence-electron chi connectivity index (χ0n) is 10.8. The molecule has 0 saturated heterocycles. The highest BCUT2D eigenvalue weighted by atomic mass is 16.5. The number of carbonyl (C=O) groups excluding carboxylic acids is 1. The second-order valence-corrected chi connectivity index (χ2v) is 3.93. The fraction of sp³-hybridized carbons (Fsp3) is 0.462. The lowest BCUT2D eigenvalue weighted by atomic mass is 10.1. The summed E-state index contributed by atoms with van der Waals surface area (Å²) in [6.45, 7) is 4.58. The maximum Gasteiger partial charge on any atom is 0.325 e. The van der Waals surface area contributed by atoms with Gasteiger partial charge in [-0.05, 0) is 25.0 Å². The summed E-state index contributed by atoms with van der Waals surface area (Å²) >= 11 is 0. The molecule has 1 aromatic rings. The first-order chi connectivity index (χ1) is 8.10. The van der Waals surface area contributed by atoms with Gasteiger partial charge in [0.05, 0.1) is 7.11 Å². The van der Waals surface area contributed by atoms with E-state index in [1.165, 1.54) is 7.11 Å². The van der Waals surface area contributed by atoms with Gasteiger partial charge in [0.15, 0.2) is 0 Å². The molecule has 1 rings (SSSR count). The van der Waals surface area contributed by atoms with Crippen molar-refractivity contribution in [3.05, 3.63) is 29.3 Å². The Morgan fingerprint density at radius 1 is 1.24 bits per heavy atom. The van der Waals surface area contributed by atoms with Gasteiger partial charge in [-0.15, -0.1) is 0 Å². The molecule has 0 aliphatic rings. The highest BCUT2D eigenvalue weighted by Crippen LogP contribution is 2.24. The third kappa shape index (κ3) is 3.46. The van der Waals surface area contributed by atoms with Crippen molar-refractivity contribution < 1.29 is 14.3 Å². The number of hydrogen-bond acceptors (Lipinski definition) is 4. The highest BCUT2D eigenvalue weighted by molar-refractivity contribution is 5.76. The summed E-state index contributed by atoms with van der Waals surface area (Å²) in [7, 11) is 3.00. The normalized spacial score (nSPS) is 10.1. The number of rotatable bonds is 5. The van der Waals surface area contributed by atoms with Crippen LogP contribution in [0.2, 0.25) is 0 Å². The van der Waals surface area contributed by atoms with Crippen LogP contribution in [-0.4, -0.2) is 33.5 Å². The minimum absolute atomic E-state index is 0.191. The number of hydrogen-bond donors (Lipinski definition) is 0. The first-order valence-electron chi connectivity index (χ1n) is 5.47. The molecule has 17 heavy (non-hydrogen) atoms. The van der Waals surface area contributed by atoms with Crippen molar-refractivity contribution in [2.75, 3.05) is 32.4 Å². The summed E-state index contributed by atoms with van der Waals surface area (Å²) in [5.74, 6) is -0.273. The van der Waals surface area contributed by atoms with E-state index in [0.717, 1.165) is 16.8 Å². The monoisotopic (exact) mass is 237 g/mol. The van der Waals surface area contributed by atoms with Crippen LogP contribution in [-0.2, 0) is 14.3 Å². The van der Waals surface area contributed by atoms with Crippen LogP contribution in [0.1, 0.15) is 11.1 Å². The fourth-order valence-electron chi connectivity index (χ4n) is 1.87. The number of benzene rings is 1. The van der Waals surface area contributed by atoms with E-state index in [4.69, 9.17) is 9.47 Å². The molecule has 0 atom stereocenters. The molecule has 0 spiro atoms. The van der Waals surface area contributed by atoms with Gasteiger partial charge in [0.2, 0.25) is 0 Å². The molecule has 94 valence electrons. The Kier molecular flexibility index (Phi) is 4.97. The molecule has 0 saturated carbocycles. The molecule has 0 heterocycles. The predicted molar refractivity (Wildman–Crippen MR) is 67.2 cm³/mol. The summed E-state index contributed by atoms with van der Waals surface area (Å²) in [5, 5.41) is 0. The molecule has 0 fully saturated rings. The third-order valence-corrected chi connectivity index (χ3v) is 2.59. The van der Waals surface area contributed by atoms with Crippen LogP contribution in [0.25, 0.3) is 0 Å². The molecule has 1 aromatic carbocycles. The van der Waals surface area contributed by atoms with Crippen LogP contribution in [0.5, 0.6) is 0 Å². The number of para-hydroxylation sites is 1. The average Bonchev–Trinajstić information content (AvgIpc) is 2.28. The van der Waals surface area contributed by atoms with Crippen LogP contribution >= 0.6 is 0 Å². The van der Waals surface area contributed by atoms with Crippen LogP contribution in [0.3, 0.4) is 0 Å². The summed E-state index contributed by atoms with van der Waals surface area (Å²) in [5.41, 5.74) is 3.26. The molecule has 0 bridgehead atoms. The number of esters is 1. The largest absolute Gasteiger partial charge is 0.468 e. The minimum Gasteiger partial charge on any atom is -0.468 e. The lowest BCUT2D eigenvalue weighted by Crippen LogP contribution is -2.33. The second-order valence-electron chi connectivity index (χ2n) is 3.93. The Balaban J connectivity index is 3.00. The summed E-state index contributed by atoms with van der Waals surface area (Å²) in [6.07, 6.45) is 0. The molecular weight excluding hydrogens is 218 g/mol. The molecule has 0 N–H and O–H groups in total. The second kappa shape index (κ2) is 6.25. The Morgan fingerprint density at radius 3 is 2.29 bits per heavy atom. The van der Waals surface area contributed by atoms with E-state index >= 15 is 0 Å². The molecule has 0 aromatic heterocycles. The van der Waals surface area contributed by atoms with Gasteiger partial charge < -0.3 is 14.4 Å².